The Bertz CT molecular complexity index is 522. The van der Waals surface area contributed by atoms with Crippen LogP contribution in [0, 0.1) is 0 Å². The highest BCUT2D eigenvalue weighted by Crippen LogP contribution is 2.11. The quantitative estimate of drug-likeness (QED) is 0.787. The monoisotopic (exact) mass is 232 g/mol. The van der Waals surface area contributed by atoms with Crippen molar-refractivity contribution in [1.82, 2.24) is 14.8 Å². The van der Waals surface area contributed by atoms with Crippen molar-refractivity contribution in [2.75, 3.05) is 12.8 Å². The van der Waals surface area contributed by atoms with Crippen molar-refractivity contribution in [3.8, 4) is 0 Å². The lowest BCUT2D eigenvalue weighted by atomic mass is 10.3. The molecule has 0 bridgehead atoms. The molecule has 0 aliphatic rings. The lowest BCUT2D eigenvalue weighted by Gasteiger charge is -2.00. The molecule has 6 nitrogen and oxygen atoms in total. The molecule has 0 fully saturated rings. The Hall–Kier alpha value is -2.37. The molecule has 2 heterocycles. The second kappa shape index (κ2) is 4.65. The van der Waals surface area contributed by atoms with Crippen molar-refractivity contribution < 1.29 is 9.53 Å². The molecule has 0 aliphatic carbocycles. The number of nitrogens with two attached hydrogens (primary N) is 1. The molecule has 2 aromatic heterocycles. The SMILES string of the molecule is COC(=O)c1nn(Cc2ccncc2)cc1N. The minimum atomic E-state index is -0.532. The molecule has 6 heteroatoms. The molecule has 88 valence electrons. The van der Waals surface area contributed by atoms with Gasteiger partial charge in [0, 0.05) is 18.6 Å². The smallest absolute Gasteiger partial charge is 0.360 e. The molecule has 2 aromatic rings. The highest BCUT2D eigenvalue weighted by Gasteiger charge is 2.14. The van der Waals surface area contributed by atoms with E-state index in [1.165, 1.54) is 7.11 Å². The van der Waals surface area contributed by atoms with Crippen molar-refractivity contribution >= 4 is 11.7 Å². The van der Waals surface area contributed by atoms with Gasteiger partial charge in [-0.1, -0.05) is 0 Å². The molecule has 0 unspecified atom stereocenters. The number of ether oxygens (including phenoxy) is 1. The number of carbonyl (C=O) groups is 1. The van der Waals surface area contributed by atoms with Crippen LogP contribution in [0.2, 0.25) is 0 Å². The fourth-order valence-electron chi connectivity index (χ4n) is 1.45. The van der Waals surface area contributed by atoms with Gasteiger partial charge in [-0.25, -0.2) is 4.79 Å². The zero-order valence-corrected chi connectivity index (χ0v) is 9.33. The maximum atomic E-state index is 11.3. The lowest BCUT2D eigenvalue weighted by molar-refractivity contribution is 0.0594. The summed E-state index contributed by atoms with van der Waals surface area (Å²) < 4.78 is 6.17. The molecule has 0 spiro atoms. The number of rotatable bonds is 3. The summed E-state index contributed by atoms with van der Waals surface area (Å²) in [5.41, 5.74) is 7.15. The Kier molecular flexibility index (Phi) is 3.04. The predicted molar refractivity (Wildman–Crippen MR) is 61.3 cm³/mol. The van der Waals surface area contributed by atoms with E-state index < -0.39 is 5.97 Å². The van der Waals surface area contributed by atoms with E-state index in [-0.39, 0.29) is 5.69 Å². The van der Waals surface area contributed by atoms with Crippen LogP contribution in [-0.4, -0.2) is 27.8 Å². The molecule has 0 aromatic carbocycles. The molecule has 0 atom stereocenters. The topological polar surface area (TPSA) is 83.0 Å². The number of methoxy groups -OCH3 is 1. The summed E-state index contributed by atoms with van der Waals surface area (Å²) in [4.78, 5) is 15.2. The van der Waals surface area contributed by atoms with E-state index in [2.05, 4.69) is 14.8 Å². The molecule has 0 radical (unpaired) electrons. The Morgan fingerprint density at radius 3 is 2.82 bits per heavy atom. The number of hydrogen-bond donors (Lipinski definition) is 1. The molecule has 0 saturated heterocycles. The summed E-state index contributed by atoms with van der Waals surface area (Å²) in [7, 11) is 1.30. The minimum Gasteiger partial charge on any atom is -0.464 e. The largest absolute Gasteiger partial charge is 0.464 e. The Labute approximate surface area is 98.0 Å². The number of pyridine rings is 1. The Morgan fingerprint density at radius 2 is 2.18 bits per heavy atom. The van der Waals surface area contributed by atoms with Crippen LogP contribution in [0.1, 0.15) is 16.1 Å². The summed E-state index contributed by atoms with van der Waals surface area (Å²) in [6.07, 6.45) is 5.00. The summed E-state index contributed by atoms with van der Waals surface area (Å²) >= 11 is 0. The van der Waals surface area contributed by atoms with E-state index in [1.807, 2.05) is 12.1 Å². The van der Waals surface area contributed by atoms with Crippen LogP contribution >= 0.6 is 0 Å². The van der Waals surface area contributed by atoms with Gasteiger partial charge in [-0.15, -0.1) is 0 Å². The fraction of sp³-hybridized carbons (Fsp3) is 0.182. The van der Waals surface area contributed by atoms with Gasteiger partial charge in [0.15, 0.2) is 5.69 Å². The van der Waals surface area contributed by atoms with Crippen LogP contribution in [0.3, 0.4) is 0 Å². The third kappa shape index (κ3) is 2.41. The number of nitrogen functional groups attached to an aromatic ring is 1. The van der Waals surface area contributed by atoms with Gasteiger partial charge in [-0.3, -0.25) is 9.67 Å². The van der Waals surface area contributed by atoms with Crippen LogP contribution < -0.4 is 5.73 Å². The zero-order valence-electron chi connectivity index (χ0n) is 9.33. The van der Waals surface area contributed by atoms with Crippen molar-refractivity contribution in [3.63, 3.8) is 0 Å². The maximum Gasteiger partial charge on any atom is 0.360 e. The fourth-order valence-corrected chi connectivity index (χ4v) is 1.45. The molecule has 0 aliphatic heterocycles. The third-order valence-corrected chi connectivity index (χ3v) is 2.26. The van der Waals surface area contributed by atoms with Crippen LogP contribution in [0.25, 0.3) is 0 Å². The van der Waals surface area contributed by atoms with Gasteiger partial charge in [0.05, 0.1) is 19.3 Å². The standard InChI is InChI=1S/C11H12N4O2/c1-17-11(16)10-9(12)7-15(14-10)6-8-2-4-13-5-3-8/h2-5,7H,6,12H2,1H3. The van der Waals surface area contributed by atoms with Crippen molar-refractivity contribution in [2.45, 2.75) is 6.54 Å². The summed E-state index contributed by atoms with van der Waals surface area (Å²) in [5.74, 6) is -0.532. The lowest BCUT2D eigenvalue weighted by Crippen LogP contribution is -2.07. The average molecular weight is 232 g/mol. The Morgan fingerprint density at radius 1 is 1.47 bits per heavy atom. The van der Waals surface area contributed by atoms with Crippen LogP contribution in [0.15, 0.2) is 30.7 Å². The molecular formula is C11H12N4O2. The molecule has 0 amide bonds. The van der Waals surface area contributed by atoms with Crippen molar-refractivity contribution in [2.24, 2.45) is 0 Å². The first-order valence-electron chi connectivity index (χ1n) is 5.01. The van der Waals surface area contributed by atoms with Gasteiger partial charge in [-0.2, -0.15) is 5.10 Å². The molecule has 2 N–H and O–H groups in total. The highest BCUT2D eigenvalue weighted by atomic mass is 16.5. The van der Waals surface area contributed by atoms with Crippen LogP contribution in [0.4, 0.5) is 5.69 Å². The van der Waals surface area contributed by atoms with Gasteiger partial charge < -0.3 is 10.5 Å². The number of hydrogen-bond acceptors (Lipinski definition) is 5. The summed E-state index contributed by atoms with van der Waals surface area (Å²) in [5, 5.41) is 4.07. The molecular weight excluding hydrogens is 220 g/mol. The second-order valence-corrected chi connectivity index (χ2v) is 3.48. The van der Waals surface area contributed by atoms with Crippen molar-refractivity contribution in [1.29, 1.82) is 0 Å². The van der Waals surface area contributed by atoms with E-state index in [0.717, 1.165) is 5.56 Å². The predicted octanol–water partition coefficient (Wildman–Crippen LogP) is 0.695. The normalized spacial score (nSPS) is 10.2. The first-order chi connectivity index (χ1) is 8.20. The Balaban J connectivity index is 2.21. The minimum absolute atomic E-state index is 0.140. The highest BCUT2D eigenvalue weighted by molar-refractivity contribution is 5.92. The van der Waals surface area contributed by atoms with E-state index in [9.17, 15) is 4.79 Å². The van der Waals surface area contributed by atoms with Crippen LogP contribution in [-0.2, 0) is 11.3 Å². The van der Waals surface area contributed by atoms with Crippen LogP contribution in [0.5, 0.6) is 0 Å². The number of nitrogens with zero attached hydrogens (tertiary/aromatic N) is 3. The summed E-state index contributed by atoms with van der Waals surface area (Å²) in [6, 6.07) is 3.74. The summed E-state index contributed by atoms with van der Waals surface area (Å²) in [6.45, 7) is 0.531. The number of esters is 1. The maximum absolute atomic E-state index is 11.3. The number of anilines is 1. The van der Waals surface area contributed by atoms with Gasteiger partial charge in [0.1, 0.15) is 0 Å². The van der Waals surface area contributed by atoms with E-state index in [0.29, 0.717) is 12.2 Å². The molecule has 17 heavy (non-hydrogen) atoms. The van der Waals surface area contributed by atoms with E-state index in [1.54, 1.807) is 23.3 Å². The van der Waals surface area contributed by atoms with Gasteiger partial charge in [0.2, 0.25) is 0 Å². The van der Waals surface area contributed by atoms with Gasteiger partial charge in [-0.05, 0) is 17.7 Å². The molecule has 0 saturated carbocycles. The first kappa shape index (κ1) is 11.1. The zero-order chi connectivity index (χ0) is 12.3. The third-order valence-electron chi connectivity index (χ3n) is 2.26. The molecule has 2 rings (SSSR count). The van der Waals surface area contributed by atoms with Gasteiger partial charge in [0.25, 0.3) is 0 Å². The van der Waals surface area contributed by atoms with Gasteiger partial charge >= 0.3 is 5.97 Å². The second-order valence-electron chi connectivity index (χ2n) is 3.48. The number of carbonyl (C=O) groups excluding carboxylic acids is 1. The van der Waals surface area contributed by atoms with E-state index >= 15 is 0 Å². The van der Waals surface area contributed by atoms with E-state index in [4.69, 9.17) is 5.73 Å². The first-order valence-corrected chi connectivity index (χ1v) is 5.01. The average Bonchev–Trinajstić information content (AvgIpc) is 2.70. The number of aromatic nitrogens is 3. The van der Waals surface area contributed by atoms with Crippen molar-refractivity contribution in [3.05, 3.63) is 42.0 Å².